The van der Waals surface area contributed by atoms with Crippen molar-refractivity contribution in [2.75, 3.05) is 0 Å². The van der Waals surface area contributed by atoms with Crippen molar-refractivity contribution in [1.29, 1.82) is 0 Å². The van der Waals surface area contributed by atoms with Gasteiger partial charge in [0.15, 0.2) is 5.82 Å². The highest BCUT2D eigenvalue weighted by Gasteiger charge is 2.26. The lowest BCUT2D eigenvalue weighted by molar-refractivity contribution is 0.969. The molecule has 64 heavy (non-hydrogen) atoms. The van der Waals surface area contributed by atoms with E-state index >= 15 is 0 Å². The third kappa shape index (κ3) is 6.08. The maximum absolute atomic E-state index is 5.58. The van der Waals surface area contributed by atoms with Gasteiger partial charge in [0.2, 0.25) is 0 Å². The molecular formula is C59H38N4S. The van der Waals surface area contributed by atoms with Gasteiger partial charge in [-0.05, 0) is 88.7 Å². The molecule has 0 saturated carbocycles. The Morgan fingerprint density at radius 2 is 0.891 bits per heavy atom. The molecule has 0 aliphatic heterocycles. The molecule has 4 nitrogen and oxygen atoms in total. The molecule has 13 rings (SSSR count). The molecule has 0 N–H and O–H groups in total. The van der Waals surface area contributed by atoms with Crippen LogP contribution in [0.4, 0.5) is 0 Å². The molecule has 4 heterocycles. The minimum absolute atomic E-state index is 0.703. The van der Waals surface area contributed by atoms with Crippen LogP contribution in [-0.4, -0.2) is 19.5 Å². The summed E-state index contributed by atoms with van der Waals surface area (Å²) < 4.78 is 5.05. The van der Waals surface area contributed by atoms with E-state index in [4.69, 9.17) is 15.0 Å². The van der Waals surface area contributed by atoms with Crippen LogP contribution in [-0.2, 0) is 12.8 Å². The van der Waals surface area contributed by atoms with Gasteiger partial charge in [-0.25, -0.2) is 15.0 Å². The predicted octanol–water partition coefficient (Wildman–Crippen LogP) is 15.4. The minimum Gasteiger partial charge on any atom is -0.294 e. The molecule has 4 aromatic heterocycles. The molecule has 0 radical (unpaired) electrons. The van der Waals surface area contributed by atoms with E-state index in [1.807, 2.05) is 23.5 Å². The number of hydrogen-bond acceptors (Lipinski definition) is 4. The van der Waals surface area contributed by atoms with Gasteiger partial charge in [-0.1, -0.05) is 164 Å². The molecule has 12 aromatic rings. The molecule has 1 aliphatic rings. The van der Waals surface area contributed by atoms with Crippen LogP contribution in [0.25, 0.3) is 115 Å². The van der Waals surface area contributed by atoms with Crippen molar-refractivity contribution in [3.8, 4) is 73.2 Å². The van der Waals surface area contributed by atoms with Crippen molar-refractivity contribution in [3.05, 3.63) is 217 Å². The van der Waals surface area contributed by atoms with Crippen molar-refractivity contribution < 1.29 is 0 Å². The van der Waals surface area contributed by atoms with Gasteiger partial charge in [-0.15, -0.1) is 11.3 Å². The smallest absolute Gasteiger partial charge is 0.160 e. The summed E-state index contributed by atoms with van der Waals surface area (Å²) in [6, 6.07) is 73.8. The van der Waals surface area contributed by atoms with E-state index in [9.17, 15) is 0 Å². The Labute approximate surface area is 374 Å². The largest absolute Gasteiger partial charge is 0.294 e. The number of aromatic nitrogens is 4. The summed E-state index contributed by atoms with van der Waals surface area (Å²) in [7, 11) is 0. The first-order chi connectivity index (χ1) is 31.7. The van der Waals surface area contributed by atoms with Crippen LogP contribution in [0.5, 0.6) is 0 Å². The van der Waals surface area contributed by atoms with Gasteiger partial charge >= 0.3 is 0 Å². The average Bonchev–Trinajstić information content (AvgIpc) is 3.93. The Balaban J connectivity index is 1.12. The number of rotatable bonds is 7. The Morgan fingerprint density at radius 3 is 1.52 bits per heavy atom. The summed E-state index contributed by atoms with van der Waals surface area (Å²) in [6.45, 7) is 0. The highest BCUT2D eigenvalue weighted by Crippen LogP contribution is 2.46. The van der Waals surface area contributed by atoms with E-state index in [1.54, 1.807) is 0 Å². The van der Waals surface area contributed by atoms with Crippen LogP contribution < -0.4 is 0 Å². The average molecular weight is 835 g/mol. The Morgan fingerprint density at radius 1 is 0.375 bits per heavy atom. The Kier molecular flexibility index (Phi) is 8.49. The molecule has 0 saturated heterocycles. The van der Waals surface area contributed by atoms with E-state index < -0.39 is 0 Å². The molecule has 300 valence electrons. The highest BCUT2D eigenvalue weighted by molar-refractivity contribution is 7.26. The number of pyridine rings is 1. The number of benzene rings is 8. The Hall–Kier alpha value is -7.99. The van der Waals surface area contributed by atoms with Gasteiger partial charge in [0, 0.05) is 53.2 Å². The topological polar surface area (TPSA) is 43.6 Å². The van der Waals surface area contributed by atoms with Crippen molar-refractivity contribution in [2.24, 2.45) is 0 Å². The summed E-state index contributed by atoms with van der Waals surface area (Å²) in [5, 5.41) is 5.19. The van der Waals surface area contributed by atoms with Crippen LogP contribution in [0.3, 0.4) is 0 Å². The summed E-state index contributed by atoms with van der Waals surface area (Å²) in [5.41, 5.74) is 16.6. The van der Waals surface area contributed by atoms with Crippen LogP contribution in [0.15, 0.2) is 206 Å². The minimum atomic E-state index is 0.703. The van der Waals surface area contributed by atoms with Gasteiger partial charge in [0.1, 0.15) is 5.82 Å². The third-order valence-electron chi connectivity index (χ3n) is 12.9. The van der Waals surface area contributed by atoms with Gasteiger partial charge < -0.3 is 0 Å². The summed E-state index contributed by atoms with van der Waals surface area (Å²) >= 11 is 1.88. The Bertz CT molecular complexity index is 3650. The summed E-state index contributed by atoms with van der Waals surface area (Å²) in [6.07, 6.45) is 1.83. The number of nitrogens with zero attached hydrogens (tertiary/aromatic N) is 4. The standard InChI is InChI=1S/C59H38N4S/c1-5-16-37(17-6-1)43-32-49(38-18-7-2-8-19-38)60-55(35-43)63-52-33-44(46-25-15-26-48-47-24-13-14-27-54(47)64-58(46)48)30-41-28-29-42-31-45(34-53(63)57(42)56(41)52)59-61-50(39-20-9-3-10-21-39)36-51(62-59)40-22-11-4-12-23-40/h1-27,30-36H,28-29H2. The molecule has 8 aromatic carbocycles. The van der Waals surface area contributed by atoms with E-state index in [1.165, 1.54) is 53.2 Å². The van der Waals surface area contributed by atoms with Crippen LogP contribution in [0, 0.1) is 0 Å². The number of aryl methyl sites for hydroxylation is 2. The van der Waals surface area contributed by atoms with E-state index in [0.717, 1.165) is 80.2 Å². The molecule has 0 fully saturated rings. The van der Waals surface area contributed by atoms with Crippen molar-refractivity contribution in [3.63, 3.8) is 0 Å². The fourth-order valence-corrected chi connectivity index (χ4v) is 11.1. The molecule has 0 spiro atoms. The molecule has 0 amide bonds. The van der Waals surface area contributed by atoms with Crippen molar-refractivity contribution >= 4 is 53.3 Å². The zero-order chi connectivity index (χ0) is 42.1. The fraction of sp³-hybridized carbons (Fsp3) is 0.0339. The highest BCUT2D eigenvalue weighted by atomic mass is 32.1. The van der Waals surface area contributed by atoms with Crippen molar-refractivity contribution in [2.45, 2.75) is 12.8 Å². The van der Waals surface area contributed by atoms with Crippen LogP contribution in [0.2, 0.25) is 0 Å². The normalized spacial score (nSPS) is 12.2. The van der Waals surface area contributed by atoms with Crippen molar-refractivity contribution in [1.82, 2.24) is 19.5 Å². The predicted molar refractivity (Wildman–Crippen MR) is 267 cm³/mol. The van der Waals surface area contributed by atoms with E-state index in [0.29, 0.717) is 5.82 Å². The maximum atomic E-state index is 5.58. The summed E-state index contributed by atoms with van der Waals surface area (Å²) in [4.78, 5) is 16.2. The number of hydrogen-bond donors (Lipinski definition) is 0. The second-order valence-corrected chi connectivity index (χ2v) is 17.8. The van der Waals surface area contributed by atoms with Gasteiger partial charge in [-0.2, -0.15) is 0 Å². The number of fused-ring (bicyclic) bond motifs is 3. The molecule has 5 heteroatoms. The molecule has 0 atom stereocenters. The maximum Gasteiger partial charge on any atom is 0.160 e. The van der Waals surface area contributed by atoms with Crippen LogP contribution in [0.1, 0.15) is 11.1 Å². The second kappa shape index (κ2) is 14.8. The second-order valence-electron chi connectivity index (χ2n) is 16.7. The quantitative estimate of drug-likeness (QED) is 0.161. The van der Waals surface area contributed by atoms with Gasteiger partial charge in [-0.3, -0.25) is 4.57 Å². The van der Waals surface area contributed by atoms with E-state index in [-0.39, 0.29) is 0 Å². The van der Waals surface area contributed by atoms with E-state index in [2.05, 4.69) is 199 Å². The molecule has 0 bridgehead atoms. The first kappa shape index (κ1) is 36.6. The summed E-state index contributed by atoms with van der Waals surface area (Å²) in [5.74, 6) is 1.58. The monoisotopic (exact) mass is 834 g/mol. The fourth-order valence-electron chi connectivity index (χ4n) is 9.87. The van der Waals surface area contributed by atoms with Crippen LogP contribution >= 0.6 is 11.3 Å². The molecular weight excluding hydrogens is 797 g/mol. The lowest BCUT2D eigenvalue weighted by Crippen LogP contribution is -2.02. The third-order valence-corrected chi connectivity index (χ3v) is 14.1. The lowest BCUT2D eigenvalue weighted by atomic mass is 9.88. The molecule has 0 unspecified atom stereocenters. The zero-order valence-electron chi connectivity index (χ0n) is 34.7. The number of thiophene rings is 1. The van der Waals surface area contributed by atoms with Gasteiger partial charge in [0.05, 0.1) is 28.1 Å². The van der Waals surface area contributed by atoms with Gasteiger partial charge in [0.25, 0.3) is 0 Å². The zero-order valence-corrected chi connectivity index (χ0v) is 35.6. The first-order valence-corrected chi connectivity index (χ1v) is 22.7. The first-order valence-electron chi connectivity index (χ1n) is 21.9. The SMILES string of the molecule is c1ccc(-c2cc(-c3ccccc3)nc(-n3c4cc(-c5nc(-c6ccccc6)cc(-c6ccccc6)n5)cc5c4c4c(cc(-c6cccc7c6sc6ccccc67)cc43)CC5)c2)cc1. The molecule has 1 aliphatic carbocycles. The lowest BCUT2D eigenvalue weighted by Gasteiger charge is -2.16.